The van der Waals surface area contributed by atoms with Crippen molar-refractivity contribution in [3.63, 3.8) is 0 Å². The molecule has 1 aliphatic rings. The number of nitrogens with zero attached hydrogens (tertiary/aromatic N) is 1. The van der Waals surface area contributed by atoms with Gasteiger partial charge in [0.25, 0.3) is 0 Å². The average Bonchev–Trinajstić information content (AvgIpc) is 2.95. The third kappa shape index (κ3) is 7.06. The first kappa shape index (κ1) is 17.2. The van der Waals surface area contributed by atoms with Gasteiger partial charge in [0.1, 0.15) is 0 Å². The first-order valence-electron chi connectivity index (χ1n) is 7.11. The lowest BCUT2D eigenvalue weighted by Gasteiger charge is -2.15. The van der Waals surface area contributed by atoms with E-state index in [4.69, 9.17) is 4.74 Å². The molecule has 1 atom stereocenters. The van der Waals surface area contributed by atoms with Crippen molar-refractivity contribution in [2.24, 2.45) is 4.99 Å². The summed E-state index contributed by atoms with van der Waals surface area (Å²) in [6.45, 7) is 4.32. The van der Waals surface area contributed by atoms with Crippen LogP contribution in [0.4, 0.5) is 0 Å². The Bertz CT molecular complexity index is 392. The Kier molecular flexibility index (Phi) is 7.86. The Morgan fingerprint density at radius 1 is 1.35 bits per heavy atom. The summed E-state index contributed by atoms with van der Waals surface area (Å²) < 4.78 is 30.5. The van der Waals surface area contributed by atoms with Crippen LogP contribution in [0.15, 0.2) is 4.99 Å². The predicted molar refractivity (Wildman–Crippen MR) is 80.4 cm³/mol. The van der Waals surface area contributed by atoms with E-state index < -0.39 is 10.0 Å². The van der Waals surface area contributed by atoms with E-state index in [2.05, 4.69) is 20.3 Å². The fourth-order valence-electron chi connectivity index (χ4n) is 1.86. The molecule has 0 spiro atoms. The van der Waals surface area contributed by atoms with E-state index in [1.54, 1.807) is 14.0 Å². The van der Waals surface area contributed by atoms with Gasteiger partial charge in [0.2, 0.25) is 10.0 Å². The average molecular weight is 306 g/mol. The zero-order valence-corrected chi connectivity index (χ0v) is 13.1. The molecule has 0 aromatic carbocycles. The van der Waals surface area contributed by atoms with E-state index >= 15 is 0 Å². The molecule has 1 saturated heterocycles. The number of sulfonamides is 1. The van der Waals surface area contributed by atoms with Crippen LogP contribution < -0.4 is 15.4 Å². The Hall–Kier alpha value is -0.860. The lowest BCUT2D eigenvalue weighted by Crippen LogP contribution is -2.42. The minimum absolute atomic E-state index is 0.116. The number of hydrogen-bond donors (Lipinski definition) is 3. The molecule has 0 bridgehead atoms. The van der Waals surface area contributed by atoms with Crippen molar-refractivity contribution in [3.05, 3.63) is 0 Å². The Balaban J connectivity index is 2.09. The van der Waals surface area contributed by atoms with Gasteiger partial charge in [-0.2, -0.15) is 0 Å². The van der Waals surface area contributed by atoms with Gasteiger partial charge in [-0.25, -0.2) is 13.1 Å². The molecule has 0 amide bonds. The first-order valence-corrected chi connectivity index (χ1v) is 8.76. The number of rotatable bonds is 8. The summed E-state index contributed by atoms with van der Waals surface area (Å²) in [5.74, 6) is 0.837. The van der Waals surface area contributed by atoms with Crippen LogP contribution in [0.2, 0.25) is 0 Å². The summed E-state index contributed by atoms with van der Waals surface area (Å²) in [5.41, 5.74) is 0. The fraction of sp³-hybridized carbons (Fsp3) is 0.917. The molecule has 0 aliphatic carbocycles. The number of guanidine groups is 1. The van der Waals surface area contributed by atoms with E-state index in [-0.39, 0.29) is 11.9 Å². The smallest absolute Gasteiger partial charge is 0.211 e. The molecule has 8 heteroatoms. The molecular formula is C12H26N4O3S. The van der Waals surface area contributed by atoms with Crippen LogP contribution in [-0.2, 0) is 14.8 Å². The van der Waals surface area contributed by atoms with Gasteiger partial charge in [-0.05, 0) is 26.2 Å². The summed E-state index contributed by atoms with van der Waals surface area (Å²) in [4.78, 5) is 4.11. The molecular weight excluding hydrogens is 280 g/mol. The largest absolute Gasteiger partial charge is 0.376 e. The highest BCUT2D eigenvalue weighted by atomic mass is 32.2. The zero-order valence-electron chi connectivity index (χ0n) is 12.3. The van der Waals surface area contributed by atoms with Gasteiger partial charge in [0.05, 0.1) is 11.9 Å². The van der Waals surface area contributed by atoms with E-state index in [0.29, 0.717) is 19.5 Å². The fourth-order valence-corrected chi connectivity index (χ4v) is 2.52. The maximum atomic E-state index is 11.2. The van der Waals surface area contributed by atoms with Gasteiger partial charge in [-0.15, -0.1) is 0 Å². The highest BCUT2D eigenvalue weighted by Crippen LogP contribution is 2.10. The van der Waals surface area contributed by atoms with Crippen LogP contribution in [0.25, 0.3) is 0 Å². The second kappa shape index (κ2) is 9.15. The van der Waals surface area contributed by atoms with Crippen LogP contribution in [0, 0.1) is 0 Å². The van der Waals surface area contributed by atoms with E-state index in [1.807, 2.05) is 0 Å². The Labute approximate surface area is 121 Å². The normalized spacial score (nSPS) is 20.1. The molecule has 1 rings (SSSR count). The van der Waals surface area contributed by atoms with E-state index in [1.165, 1.54) is 0 Å². The summed E-state index contributed by atoms with van der Waals surface area (Å²) in [6, 6.07) is 0. The lowest BCUT2D eigenvalue weighted by atomic mass is 10.2. The second-order valence-corrected chi connectivity index (χ2v) is 6.76. The standard InChI is InChI=1S/C12H26N4O3S/c1-3-20(17,18)16-8-5-7-14-12(13-2)15-10-11-6-4-9-19-11/h11,16H,3-10H2,1-2H3,(H2,13,14,15). The molecule has 1 aliphatic heterocycles. The molecule has 7 nitrogen and oxygen atoms in total. The number of hydrogen-bond acceptors (Lipinski definition) is 4. The van der Waals surface area contributed by atoms with Crippen molar-refractivity contribution in [1.29, 1.82) is 0 Å². The van der Waals surface area contributed by atoms with Gasteiger partial charge < -0.3 is 15.4 Å². The van der Waals surface area contributed by atoms with Gasteiger partial charge in [0, 0.05) is 33.3 Å². The van der Waals surface area contributed by atoms with Gasteiger partial charge in [-0.3, -0.25) is 4.99 Å². The number of ether oxygens (including phenoxy) is 1. The molecule has 0 radical (unpaired) electrons. The van der Waals surface area contributed by atoms with Gasteiger partial charge >= 0.3 is 0 Å². The minimum atomic E-state index is -3.09. The summed E-state index contributed by atoms with van der Waals surface area (Å²) in [7, 11) is -1.37. The molecule has 1 heterocycles. The van der Waals surface area contributed by atoms with Crippen molar-refractivity contribution in [1.82, 2.24) is 15.4 Å². The van der Waals surface area contributed by atoms with Gasteiger partial charge in [-0.1, -0.05) is 0 Å². The van der Waals surface area contributed by atoms with E-state index in [9.17, 15) is 8.42 Å². The third-order valence-corrected chi connectivity index (χ3v) is 4.50. The van der Waals surface area contributed by atoms with Crippen molar-refractivity contribution in [3.8, 4) is 0 Å². The summed E-state index contributed by atoms with van der Waals surface area (Å²) in [6.07, 6.45) is 3.18. The molecule has 20 heavy (non-hydrogen) atoms. The highest BCUT2D eigenvalue weighted by Gasteiger charge is 2.15. The van der Waals surface area contributed by atoms with Gasteiger partial charge in [0.15, 0.2) is 5.96 Å². The molecule has 3 N–H and O–H groups in total. The summed E-state index contributed by atoms with van der Waals surface area (Å²) >= 11 is 0. The monoisotopic (exact) mass is 306 g/mol. The van der Waals surface area contributed by atoms with Crippen molar-refractivity contribution in [2.75, 3.05) is 39.0 Å². The minimum Gasteiger partial charge on any atom is -0.376 e. The SMILES string of the molecule is CCS(=O)(=O)NCCCNC(=NC)NCC1CCCO1. The highest BCUT2D eigenvalue weighted by molar-refractivity contribution is 7.89. The van der Waals surface area contributed by atoms with E-state index in [0.717, 1.165) is 32.0 Å². The Morgan fingerprint density at radius 2 is 2.15 bits per heavy atom. The molecule has 1 fully saturated rings. The molecule has 1 unspecified atom stereocenters. The summed E-state index contributed by atoms with van der Waals surface area (Å²) in [5, 5.41) is 6.35. The zero-order chi connectivity index (χ0) is 14.8. The van der Waals surface area contributed by atoms with Crippen molar-refractivity contribution in [2.45, 2.75) is 32.3 Å². The van der Waals surface area contributed by atoms with Crippen molar-refractivity contribution >= 4 is 16.0 Å². The molecule has 0 saturated carbocycles. The maximum Gasteiger partial charge on any atom is 0.211 e. The molecule has 0 aromatic rings. The lowest BCUT2D eigenvalue weighted by molar-refractivity contribution is 0.114. The first-order chi connectivity index (χ1) is 9.57. The second-order valence-electron chi connectivity index (χ2n) is 4.67. The van der Waals surface area contributed by atoms with Crippen LogP contribution >= 0.6 is 0 Å². The van der Waals surface area contributed by atoms with Crippen LogP contribution in [0.5, 0.6) is 0 Å². The predicted octanol–water partition coefficient (Wildman–Crippen LogP) is -0.340. The molecule has 118 valence electrons. The Morgan fingerprint density at radius 3 is 2.75 bits per heavy atom. The third-order valence-electron chi connectivity index (χ3n) is 3.09. The molecule has 0 aromatic heterocycles. The van der Waals surface area contributed by atoms with Crippen LogP contribution in [0.1, 0.15) is 26.2 Å². The quantitative estimate of drug-likeness (QED) is 0.324. The number of aliphatic imine (C=N–C) groups is 1. The number of nitrogens with one attached hydrogen (secondary N) is 3. The maximum absolute atomic E-state index is 11.2. The topological polar surface area (TPSA) is 91.8 Å². The van der Waals surface area contributed by atoms with Crippen molar-refractivity contribution < 1.29 is 13.2 Å². The van der Waals surface area contributed by atoms with Crippen LogP contribution in [0.3, 0.4) is 0 Å². The van der Waals surface area contributed by atoms with Crippen LogP contribution in [-0.4, -0.2) is 59.5 Å².